The molecule has 2 aromatic rings. The molecule has 2 aliphatic rings. The van der Waals surface area contributed by atoms with Gasteiger partial charge in [-0.25, -0.2) is 0 Å². The Hall–Kier alpha value is -4.23. The quantitative estimate of drug-likeness (QED) is 0.269. The summed E-state index contributed by atoms with van der Waals surface area (Å²) in [6.07, 6.45) is 15.1. The summed E-state index contributed by atoms with van der Waals surface area (Å²) in [5.74, 6) is -0.808. The van der Waals surface area contributed by atoms with Gasteiger partial charge in [0.15, 0.2) is 0 Å². The number of aromatic nitrogens is 2. The maximum Gasteiger partial charge on any atom is 0.303 e. The van der Waals surface area contributed by atoms with Crippen LogP contribution in [0.15, 0.2) is 52.9 Å². The number of fused-ring (bicyclic) bond motifs is 6. The third-order valence-corrected chi connectivity index (χ3v) is 8.49. The number of H-pyrrole nitrogens is 2. The first-order chi connectivity index (χ1) is 20.1. The largest absolute Gasteiger partial charge is 0.481 e. The predicted octanol–water partition coefficient (Wildman–Crippen LogP) is 5.14. The number of aliphatic carboxylic acids is 1. The highest BCUT2D eigenvalue weighted by Gasteiger charge is 2.26. The molecule has 7 heteroatoms. The van der Waals surface area contributed by atoms with Crippen molar-refractivity contribution in [3.63, 3.8) is 0 Å². The van der Waals surface area contributed by atoms with Gasteiger partial charge in [0, 0.05) is 59.2 Å². The van der Waals surface area contributed by atoms with Gasteiger partial charge in [-0.1, -0.05) is 37.0 Å². The summed E-state index contributed by atoms with van der Waals surface area (Å²) >= 11 is 0. The van der Waals surface area contributed by atoms with Crippen LogP contribution in [0, 0.1) is 13.8 Å². The van der Waals surface area contributed by atoms with Crippen molar-refractivity contribution in [2.45, 2.75) is 65.8 Å². The minimum absolute atomic E-state index is 0.0504. The number of nitrogens with one attached hydrogen (secondary N) is 3. The van der Waals surface area contributed by atoms with Crippen LogP contribution in [-0.2, 0) is 16.0 Å². The Balaban J connectivity index is 2.01. The molecule has 222 valence electrons. The average molecular weight is 569 g/mol. The van der Waals surface area contributed by atoms with Crippen LogP contribution in [0.3, 0.4) is 0 Å². The highest BCUT2D eigenvalue weighted by atomic mass is 16.5. The molecular weight excluding hydrogens is 524 g/mol. The lowest BCUT2D eigenvalue weighted by Gasteiger charge is -2.12. The van der Waals surface area contributed by atoms with E-state index in [1.807, 2.05) is 12.2 Å². The zero-order valence-electron chi connectivity index (χ0n) is 25.5. The number of hydrogen-bond acceptors (Lipinski definition) is 4. The molecule has 1 atom stereocenters. The molecule has 4 heterocycles. The summed E-state index contributed by atoms with van der Waals surface area (Å²) in [5.41, 5.74) is 18.9. The van der Waals surface area contributed by atoms with E-state index in [1.165, 1.54) is 11.1 Å². The van der Waals surface area contributed by atoms with Crippen molar-refractivity contribution in [1.29, 1.82) is 0 Å². The molecule has 7 nitrogen and oxygen atoms in total. The van der Waals surface area contributed by atoms with E-state index in [0.717, 1.165) is 74.0 Å². The van der Waals surface area contributed by atoms with Crippen LogP contribution >= 0.6 is 0 Å². The SMILES string of the molecule is C=CC1=C(\C)C/C=c2\[nH]/c(c(CCC(=O)O)c2C)=C\C2N/C(=C\c3[nH]c(c(C)c3C=C)\C=C\1N)C(C)=C2CCCOC. The van der Waals surface area contributed by atoms with Gasteiger partial charge in [-0.15, -0.1) is 0 Å². The van der Waals surface area contributed by atoms with Crippen molar-refractivity contribution in [1.82, 2.24) is 15.3 Å². The molecule has 0 saturated carbocycles. The van der Waals surface area contributed by atoms with Crippen LogP contribution in [0.5, 0.6) is 0 Å². The third-order valence-electron chi connectivity index (χ3n) is 8.49. The first-order valence-corrected chi connectivity index (χ1v) is 14.5. The number of nitrogens with two attached hydrogens (primary N) is 1. The van der Waals surface area contributed by atoms with Crippen molar-refractivity contribution >= 4 is 36.3 Å². The Morgan fingerprint density at radius 1 is 1.07 bits per heavy atom. The van der Waals surface area contributed by atoms with Crippen LogP contribution in [0.4, 0.5) is 0 Å². The summed E-state index contributed by atoms with van der Waals surface area (Å²) in [5, 5.41) is 15.2. The van der Waals surface area contributed by atoms with E-state index < -0.39 is 5.97 Å². The summed E-state index contributed by atoms with van der Waals surface area (Å²) in [6, 6.07) is -0.0504. The van der Waals surface area contributed by atoms with E-state index in [1.54, 1.807) is 13.2 Å². The molecule has 0 saturated heterocycles. The number of hydrogen-bond donors (Lipinski definition) is 5. The molecule has 0 aliphatic carbocycles. The molecule has 2 aliphatic heterocycles. The zero-order chi connectivity index (χ0) is 30.6. The van der Waals surface area contributed by atoms with Gasteiger partial charge in [0.25, 0.3) is 0 Å². The van der Waals surface area contributed by atoms with Gasteiger partial charge < -0.3 is 30.9 Å². The smallest absolute Gasteiger partial charge is 0.303 e. The van der Waals surface area contributed by atoms with Crippen LogP contribution in [0.2, 0.25) is 0 Å². The second-order valence-electron chi connectivity index (χ2n) is 11.1. The van der Waals surface area contributed by atoms with Gasteiger partial charge in [0.2, 0.25) is 0 Å². The highest BCUT2D eigenvalue weighted by Crippen LogP contribution is 2.32. The first-order valence-electron chi connectivity index (χ1n) is 14.5. The zero-order valence-corrected chi connectivity index (χ0v) is 25.5. The summed E-state index contributed by atoms with van der Waals surface area (Å²) in [4.78, 5) is 18.7. The monoisotopic (exact) mass is 568 g/mol. The Bertz CT molecular complexity index is 1660. The maximum absolute atomic E-state index is 11.5. The third kappa shape index (κ3) is 6.31. The Morgan fingerprint density at radius 3 is 2.50 bits per heavy atom. The number of allylic oxidation sites excluding steroid dienone is 3. The van der Waals surface area contributed by atoms with Gasteiger partial charge in [0.1, 0.15) is 0 Å². The topological polar surface area (TPSA) is 116 Å². The van der Waals surface area contributed by atoms with E-state index >= 15 is 0 Å². The molecule has 0 fully saturated rings. The van der Waals surface area contributed by atoms with Crippen LogP contribution in [0.1, 0.15) is 73.2 Å². The van der Waals surface area contributed by atoms with Crippen LogP contribution in [-0.4, -0.2) is 40.8 Å². The normalized spacial score (nSPS) is 22.9. The van der Waals surface area contributed by atoms with Crippen LogP contribution in [0.25, 0.3) is 30.4 Å². The summed E-state index contributed by atoms with van der Waals surface area (Å²) in [6.45, 7) is 17.2. The van der Waals surface area contributed by atoms with Crippen molar-refractivity contribution in [3.05, 3.63) is 97.3 Å². The molecule has 42 heavy (non-hydrogen) atoms. The van der Waals surface area contributed by atoms with Crippen molar-refractivity contribution < 1.29 is 14.6 Å². The first kappa shape index (κ1) is 30.7. The Morgan fingerprint density at radius 2 is 1.83 bits per heavy atom. The van der Waals surface area contributed by atoms with E-state index in [-0.39, 0.29) is 12.5 Å². The summed E-state index contributed by atoms with van der Waals surface area (Å²) in [7, 11) is 1.73. The van der Waals surface area contributed by atoms with Gasteiger partial charge in [-0.3, -0.25) is 4.79 Å². The van der Waals surface area contributed by atoms with Crippen molar-refractivity contribution in [3.8, 4) is 0 Å². The van der Waals surface area contributed by atoms with E-state index in [9.17, 15) is 9.90 Å². The van der Waals surface area contributed by atoms with Gasteiger partial charge in [-0.2, -0.15) is 0 Å². The molecule has 1 unspecified atom stereocenters. The van der Waals surface area contributed by atoms with Crippen molar-refractivity contribution in [2.24, 2.45) is 5.73 Å². The van der Waals surface area contributed by atoms with Crippen LogP contribution < -0.4 is 21.7 Å². The number of rotatable bonds is 9. The van der Waals surface area contributed by atoms with Gasteiger partial charge >= 0.3 is 5.97 Å². The molecule has 4 rings (SSSR count). The molecule has 2 aromatic heterocycles. The number of carboxylic acid groups (broad SMARTS) is 1. The van der Waals surface area contributed by atoms with Gasteiger partial charge in [-0.05, 0) is 105 Å². The van der Waals surface area contributed by atoms with E-state index in [0.29, 0.717) is 25.1 Å². The highest BCUT2D eigenvalue weighted by molar-refractivity contribution is 5.75. The molecule has 6 bridgehead atoms. The number of aromatic amines is 2. The lowest BCUT2D eigenvalue weighted by molar-refractivity contribution is -0.136. The molecule has 0 radical (unpaired) electrons. The second kappa shape index (κ2) is 13.2. The lowest BCUT2D eigenvalue weighted by atomic mass is 9.98. The Labute approximate surface area is 248 Å². The fourth-order valence-electron chi connectivity index (χ4n) is 6.01. The molecule has 0 aromatic carbocycles. The minimum atomic E-state index is -0.808. The predicted molar refractivity (Wildman–Crippen MR) is 174 cm³/mol. The second-order valence-corrected chi connectivity index (χ2v) is 11.1. The van der Waals surface area contributed by atoms with E-state index in [2.05, 4.69) is 74.4 Å². The minimum Gasteiger partial charge on any atom is -0.481 e. The number of methoxy groups -OCH3 is 1. The van der Waals surface area contributed by atoms with Crippen molar-refractivity contribution in [2.75, 3.05) is 13.7 Å². The number of carboxylic acids is 1. The number of carbonyl (C=O) groups is 1. The van der Waals surface area contributed by atoms with Gasteiger partial charge in [0.05, 0.1) is 6.04 Å². The fourth-order valence-corrected chi connectivity index (χ4v) is 6.01. The number of ether oxygens (including phenoxy) is 1. The van der Waals surface area contributed by atoms with E-state index in [4.69, 9.17) is 10.5 Å². The summed E-state index contributed by atoms with van der Waals surface area (Å²) < 4.78 is 5.36. The molecule has 0 spiro atoms. The average Bonchev–Trinajstić information content (AvgIpc) is 3.52. The lowest BCUT2D eigenvalue weighted by Crippen LogP contribution is -2.26. The fraction of sp³-hybridized carbons (Fsp3) is 0.343. The molecular formula is C35H44N4O3. The Kier molecular flexibility index (Phi) is 9.63. The maximum atomic E-state index is 11.5. The molecule has 6 N–H and O–H groups in total. The molecule has 0 amide bonds. The standard InChI is InChI=1S/C35H44N4O3/c1-8-24-20(3)12-14-29-22(5)27(13-15-35(40)41)34(37-29)19-33-26(11-10-16-42-7)23(6)31(39-33)18-32-25(9-2)21(4)30(38-32)17-28(24)36/h8-9,14,17-19,33,37-39H,1-2,10-13,15-16,36H2,3-7H3,(H,40,41)/b24-20-,28-17-,29-14-,31-18-,34-19-.